The van der Waals surface area contributed by atoms with Crippen molar-refractivity contribution >= 4 is 23.2 Å². The van der Waals surface area contributed by atoms with Gasteiger partial charge in [-0.25, -0.2) is 0 Å². The fourth-order valence-corrected chi connectivity index (χ4v) is 2.85. The number of aryl methyl sites for hydroxylation is 1. The van der Waals surface area contributed by atoms with Gasteiger partial charge in [0, 0.05) is 0 Å². The van der Waals surface area contributed by atoms with E-state index in [9.17, 15) is 0 Å². The highest BCUT2D eigenvalue weighted by molar-refractivity contribution is 6.42. The molecular formula is C18H21Cl2N. The maximum Gasteiger partial charge on any atom is 0.0643 e. The molecule has 1 unspecified atom stereocenters. The van der Waals surface area contributed by atoms with E-state index in [1.807, 2.05) is 18.2 Å². The first-order valence-electron chi connectivity index (χ1n) is 7.43. The van der Waals surface area contributed by atoms with Crippen LogP contribution in [0.25, 0.3) is 0 Å². The first kappa shape index (κ1) is 16.4. The summed E-state index contributed by atoms with van der Waals surface area (Å²) < 4.78 is 0. The third-order valence-electron chi connectivity index (χ3n) is 3.58. The maximum absolute atomic E-state index is 6.42. The third kappa shape index (κ3) is 4.00. The molecule has 0 radical (unpaired) electrons. The number of nitrogens with one attached hydrogen (secondary N) is 1. The van der Waals surface area contributed by atoms with Gasteiger partial charge in [0.2, 0.25) is 0 Å². The van der Waals surface area contributed by atoms with Crippen LogP contribution in [0.3, 0.4) is 0 Å². The van der Waals surface area contributed by atoms with Gasteiger partial charge in [-0.05, 0) is 42.1 Å². The fraction of sp³-hybridized carbons (Fsp3) is 0.333. The lowest BCUT2D eigenvalue weighted by Gasteiger charge is -2.22. The second kappa shape index (κ2) is 7.84. The number of halogens is 2. The second-order valence-corrected chi connectivity index (χ2v) is 5.91. The van der Waals surface area contributed by atoms with Crippen LogP contribution in [0.2, 0.25) is 10.0 Å². The van der Waals surface area contributed by atoms with Crippen LogP contribution in [-0.2, 0) is 6.42 Å². The van der Waals surface area contributed by atoms with Crippen LogP contribution < -0.4 is 5.32 Å². The summed E-state index contributed by atoms with van der Waals surface area (Å²) in [6.07, 6.45) is 2.10. The van der Waals surface area contributed by atoms with Crippen LogP contribution in [0.4, 0.5) is 0 Å². The lowest BCUT2D eigenvalue weighted by atomic mass is 9.96. The van der Waals surface area contributed by atoms with Gasteiger partial charge in [-0.3, -0.25) is 0 Å². The molecule has 0 fully saturated rings. The Morgan fingerprint density at radius 2 is 1.81 bits per heavy atom. The zero-order valence-corrected chi connectivity index (χ0v) is 14.0. The zero-order chi connectivity index (χ0) is 15.2. The maximum atomic E-state index is 6.42. The summed E-state index contributed by atoms with van der Waals surface area (Å²) in [6, 6.07) is 14.5. The normalized spacial score (nSPS) is 12.4. The highest BCUT2D eigenvalue weighted by atomic mass is 35.5. The van der Waals surface area contributed by atoms with E-state index >= 15 is 0 Å². The molecule has 1 N–H and O–H groups in total. The molecule has 0 aliphatic rings. The molecule has 0 spiro atoms. The highest BCUT2D eigenvalue weighted by Gasteiger charge is 2.17. The van der Waals surface area contributed by atoms with Crippen molar-refractivity contribution in [2.75, 3.05) is 6.54 Å². The van der Waals surface area contributed by atoms with Gasteiger partial charge in [0.15, 0.2) is 0 Å². The van der Waals surface area contributed by atoms with E-state index in [0.717, 1.165) is 24.9 Å². The predicted octanol–water partition coefficient (Wildman–Crippen LogP) is 5.64. The van der Waals surface area contributed by atoms with Crippen molar-refractivity contribution in [2.45, 2.75) is 32.7 Å². The van der Waals surface area contributed by atoms with Crippen LogP contribution in [-0.4, -0.2) is 6.54 Å². The van der Waals surface area contributed by atoms with Crippen LogP contribution in [0.1, 0.15) is 43.0 Å². The molecular weight excluding hydrogens is 301 g/mol. The Morgan fingerprint density at radius 3 is 2.52 bits per heavy atom. The molecule has 1 nitrogen and oxygen atoms in total. The van der Waals surface area contributed by atoms with E-state index in [-0.39, 0.29) is 6.04 Å². The molecule has 0 saturated heterocycles. The van der Waals surface area contributed by atoms with Crippen molar-refractivity contribution in [2.24, 2.45) is 0 Å². The largest absolute Gasteiger partial charge is 0.306 e. The fourth-order valence-electron chi connectivity index (χ4n) is 2.43. The van der Waals surface area contributed by atoms with Gasteiger partial charge in [-0.2, -0.15) is 0 Å². The summed E-state index contributed by atoms with van der Waals surface area (Å²) in [7, 11) is 0. The summed E-state index contributed by atoms with van der Waals surface area (Å²) >= 11 is 12.6. The molecule has 1 atom stereocenters. The van der Waals surface area contributed by atoms with Crippen molar-refractivity contribution in [1.82, 2.24) is 5.32 Å². The van der Waals surface area contributed by atoms with Crippen LogP contribution in [0, 0.1) is 0 Å². The average molecular weight is 322 g/mol. The molecule has 112 valence electrons. The van der Waals surface area contributed by atoms with Gasteiger partial charge in [-0.1, -0.05) is 73.4 Å². The Kier molecular flexibility index (Phi) is 6.10. The smallest absolute Gasteiger partial charge is 0.0643 e. The summed E-state index contributed by atoms with van der Waals surface area (Å²) in [5, 5.41) is 4.81. The number of hydrogen-bond donors (Lipinski definition) is 1. The molecule has 0 aliphatic heterocycles. The van der Waals surface area contributed by atoms with Crippen molar-refractivity contribution in [3.8, 4) is 0 Å². The van der Waals surface area contributed by atoms with Gasteiger partial charge in [-0.15, -0.1) is 0 Å². The van der Waals surface area contributed by atoms with Crippen LogP contribution in [0.15, 0.2) is 42.5 Å². The Labute approximate surface area is 137 Å². The Hall–Kier alpha value is -1.02. The van der Waals surface area contributed by atoms with Crippen molar-refractivity contribution in [3.05, 3.63) is 69.2 Å². The Balaban J connectivity index is 2.44. The molecule has 0 aliphatic carbocycles. The molecule has 0 amide bonds. The molecule has 0 bridgehead atoms. The Morgan fingerprint density at radius 1 is 1.05 bits per heavy atom. The van der Waals surface area contributed by atoms with E-state index < -0.39 is 0 Å². The lowest BCUT2D eigenvalue weighted by Crippen LogP contribution is -2.23. The topological polar surface area (TPSA) is 12.0 Å². The van der Waals surface area contributed by atoms with E-state index in [1.165, 1.54) is 11.1 Å². The SMILES string of the molecule is CCCNC(c1cccc(CC)c1)c1cccc(Cl)c1Cl. The van der Waals surface area contributed by atoms with Crippen molar-refractivity contribution in [3.63, 3.8) is 0 Å². The Bertz CT molecular complexity index is 596. The minimum atomic E-state index is 0.0719. The van der Waals surface area contributed by atoms with Gasteiger partial charge in [0.1, 0.15) is 0 Å². The summed E-state index contributed by atoms with van der Waals surface area (Å²) in [6.45, 7) is 5.26. The number of rotatable bonds is 6. The molecule has 0 saturated carbocycles. The first-order chi connectivity index (χ1) is 10.2. The van der Waals surface area contributed by atoms with Crippen LogP contribution >= 0.6 is 23.2 Å². The van der Waals surface area contributed by atoms with Crippen molar-refractivity contribution < 1.29 is 0 Å². The molecule has 2 aromatic rings. The summed E-state index contributed by atoms with van der Waals surface area (Å²) in [5.74, 6) is 0. The van der Waals surface area contributed by atoms with Gasteiger partial charge >= 0.3 is 0 Å². The second-order valence-electron chi connectivity index (χ2n) is 5.13. The monoisotopic (exact) mass is 321 g/mol. The van der Waals surface area contributed by atoms with Gasteiger partial charge in [0.25, 0.3) is 0 Å². The molecule has 0 aromatic heterocycles. The van der Waals surface area contributed by atoms with Crippen LogP contribution in [0.5, 0.6) is 0 Å². The summed E-state index contributed by atoms with van der Waals surface area (Å²) in [4.78, 5) is 0. The number of hydrogen-bond acceptors (Lipinski definition) is 1. The molecule has 0 heterocycles. The first-order valence-corrected chi connectivity index (χ1v) is 8.19. The lowest BCUT2D eigenvalue weighted by molar-refractivity contribution is 0.598. The quantitative estimate of drug-likeness (QED) is 0.725. The van der Waals surface area contributed by atoms with Crippen molar-refractivity contribution in [1.29, 1.82) is 0 Å². The van der Waals surface area contributed by atoms with E-state index in [1.54, 1.807) is 0 Å². The predicted molar refractivity (Wildman–Crippen MR) is 92.4 cm³/mol. The average Bonchev–Trinajstić information content (AvgIpc) is 2.52. The zero-order valence-electron chi connectivity index (χ0n) is 12.5. The van der Waals surface area contributed by atoms with Gasteiger partial charge < -0.3 is 5.32 Å². The van der Waals surface area contributed by atoms with E-state index in [0.29, 0.717) is 10.0 Å². The standard InChI is InChI=1S/C18H21Cl2N/c1-3-11-21-18(14-8-5-7-13(4-2)12-14)15-9-6-10-16(19)17(15)20/h5-10,12,18,21H,3-4,11H2,1-2H3. The van der Waals surface area contributed by atoms with E-state index in [4.69, 9.17) is 23.2 Å². The van der Waals surface area contributed by atoms with E-state index in [2.05, 4.69) is 43.4 Å². The minimum Gasteiger partial charge on any atom is -0.306 e. The molecule has 2 rings (SSSR count). The van der Waals surface area contributed by atoms with Gasteiger partial charge in [0.05, 0.1) is 16.1 Å². The minimum absolute atomic E-state index is 0.0719. The highest BCUT2D eigenvalue weighted by Crippen LogP contribution is 2.33. The number of benzene rings is 2. The molecule has 2 aromatic carbocycles. The summed E-state index contributed by atoms with van der Waals surface area (Å²) in [5.41, 5.74) is 3.59. The molecule has 21 heavy (non-hydrogen) atoms. The molecule has 3 heteroatoms. The third-order valence-corrected chi connectivity index (χ3v) is 4.42.